The zero-order valence-corrected chi connectivity index (χ0v) is 9.94. The highest BCUT2D eigenvalue weighted by molar-refractivity contribution is 4.99. The summed E-state index contributed by atoms with van der Waals surface area (Å²) in [7, 11) is 0. The highest BCUT2D eigenvalue weighted by Crippen LogP contribution is 2.32. The van der Waals surface area contributed by atoms with Crippen LogP contribution in [-0.4, -0.2) is 16.2 Å². The van der Waals surface area contributed by atoms with Gasteiger partial charge in [0.1, 0.15) is 0 Å². The fourth-order valence-electron chi connectivity index (χ4n) is 2.15. The van der Waals surface area contributed by atoms with E-state index >= 15 is 0 Å². The number of nitrogens with one attached hydrogen (secondary N) is 1. The van der Waals surface area contributed by atoms with Crippen LogP contribution in [0.1, 0.15) is 63.1 Å². The zero-order valence-electron chi connectivity index (χ0n) is 9.94. The van der Waals surface area contributed by atoms with Crippen LogP contribution in [-0.2, 0) is 0 Å². The Bertz CT molecular complexity index is 328. The third-order valence-electron chi connectivity index (χ3n) is 3.29. The van der Waals surface area contributed by atoms with Gasteiger partial charge in [0.05, 0.1) is 0 Å². The molecule has 1 aromatic heterocycles. The van der Waals surface area contributed by atoms with Gasteiger partial charge in [-0.05, 0) is 25.7 Å². The van der Waals surface area contributed by atoms with E-state index in [9.17, 15) is 0 Å². The first-order valence-electron chi connectivity index (χ1n) is 6.00. The van der Waals surface area contributed by atoms with Crippen LogP contribution in [0.4, 0.5) is 0 Å². The lowest BCUT2D eigenvalue weighted by atomic mass is 9.86. The smallest absolute Gasteiger partial charge is 0.229 e. The van der Waals surface area contributed by atoms with E-state index in [1.54, 1.807) is 0 Å². The van der Waals surface area contributed by atoms with Gasteiger partial charge in [0, 0.05) is 17.9 Å². The molecule has 1 saturated carbocycles. The van der Waals surface area contributed by atoms with E-state index in [1.165, 1.54) is 0 Å². The molecule has 16 heavy (non-hydrogen) atoms. The molecule has 1 heterocycles. The predicted octanol–water partition coefficient (Wildman–Crippen LogP) is 1.68. The van der Waals surface area contributed by atoms with Crippen molar-refractivity contribution in [3.63, 3.8) is 0 Å². The highest BCUT2D eigenvalue weighted by Gasteiger charge is 2.26. The van der Waals surface area contributed by atoms with Crippen LogP contribution < -0.4 is 11.3 Å². The van der Waals surface area contributed by atoms with Crippen LogP contribution in [0, 0.1) is 0 Å². The molecule has 0 aliphatic heterocycles. The summed E-state index contributed by atoms with van der Waals surface area (Å²) in [6.07, 6.45) is 4.32. The van der Waals surface area contributed by atoms with Gasteiger partial charge >= 0.3 is 0 Å². The third-order valence-corrected chi connectivity index (χ3v) is 3.29. The Morgan fingerprint density at radius 3 is 2.50 bits per heavy atom. The maximum Gasteiger partial charge on any atom is 0.229 e. The summed E-state index contributed by atoms with van der Waals surface area (Å²) in [5, 5.41) is 4.00. The van der Waals surface area contributed by atoms with Gasteiger partial charge in [-0.25, -0.2) is 0 Å². The minimum absolute atomic E-state index is 0.333. The average Bonchev–Trinajstić information content (AvgIpc) is 2.78. The molecule has 0 atom stereocenters. The fourth-order valence-corrected chi connectivity index (χ4v) is 2.15. The van der Waals surface area contributed by atoms with Gasteiger partial charge in [0.25, 0.3) is 0 Å². The molecule has 0 saturated heterocycles. The van der Waals surface area contributed by atoms with E-state index in [4.69, 9.17) is 10.4 Å². The van der Waals surface area contributed by atoms with Gasteiger partial charge in [-0.1, -0.05) is 19.0 Å². The summed E-state index contributed by atoms with van der Waals surface area (Å²) in [5.41, 5.74) is 2.83. The molecule has 0 spiro atoms. The molecule has 0 unspecified atom stereocenters. The lowest BCUT2D eigenvalue weighted by Gasteiger charge is -2.25. The lowest BCUT2D eigenvalue weighted by Crippen LogP contribution is -2.37. The van der Waals surface area contributed by atoms with Crippen LogP contribution in [0.25, 0.3) is 0 Å². The number of nitrogens with zero attached hydrogens (tertiary/aromatic N) is 2. The number of hydrazine groups is 1. The summed E-state index contributed by atoms with van der Waals surface area (Å²) < 4.78 is 5.32. The van der Waals surface area contributed by atoms with Crippen molar-refractivity contribution in [2.24, 2.45) is 5.84 Å². The monoisotopic (exact) mass is 224 g/mol. The topological polar surface area (TPSA) is 77.0 Å². The van der Waals surface area contributed by atoms with Crippen LogP contribution in [0.15, 0.2) is 4.52 Å². The standard InChI is InChI=1S/C11H20N4O/c1-7(2)10-13-11(16-15-10)8-3-5-9(14-12)6-4-8/h7-9,14H,3-6,12H2,1-2H3. The van der Waals surface area contributed by atoms with Crippen LogP contribution >= 0.6 is 0 Å². The number of nitrogens with two attached hydrogens (primary N) is 1. The van der Waals surface area contributed by atoms with Crippen molar-refractivity contribution >= 4 is 0 Å². The van der Waals surface area contributed by atoms with Crippen molar-refractivity contribution in [2.45, 2.75) is 57.4 Å². The third kappa shape index (κ3) is 2.41. The van der Waals surface area contributed by atoms with Crippen LogP contribution in [0.2, 0.25) is 0 Å². The molecule has 2 rings (SSSR count). The minimum Gasteiger partial charge on any atom is -0.339 e. The molecule has 0 radical (unpaired) electrons. The second kappa shape index (κ2) is 4.93. The molecule has 0 aromatic carbocycles. The lowest BCUT2D eigenvalue weighted by molar-refractivity contribution is 0.283. The van der Waals surface area contributed by atoms with Gasteiger partial charge in [-0.15, -0.1) is 0 Å². The Hall–Kier alpha value is -0.940. The van der Waals surface area contributed by atoms with E-state index in [0.717, 1.165) is 37.4 Å². The van der Waals surface area contributed by atoms with E-state index in [2.05, 4.69) is 29.4 Å². The van der Waals surface area contributed by atoms with Crippen molar-refractivity contribution < 1.29 is 4.52 Å². The van der Waals surface area contributed by atoms with Crippen LogP contribution in [0.3, 0.4) is 0 Å². The molecule has 1 aliphatic rings. The van der Waals surface area contributed by atoms with Gasteiger partial charge in [0.15, 0.2) is 5.82 Å². The molecule has 1 aromatic rings. The predicted molar refractivity (Wildman–Crippen MR) is 60.7 cm³/mol. The molecule has 3 N–H and O–H groups in total. The summed E-state index contributed by atoms with van der Waals surface area (Å²) >= 11 is 0. The SMILES string of the molecule is CC(C)c1noc(C2CCC(NN)CC2)n1. The number of aromatic nitrogens is 2. The van der Waals surface area contributed by atoms with Crippen LogP contribution in [0.5, 0.6) is 0 Å². The Balaban J connectivity index is 1.97. The van der Waals surface area contributed by atoms with Gasteiger partial charge < -0.3 is 4.52 Å². The molecule has 5 heteroatoms. The summed E-state index contributed by atoms with van der Waals surface area (Å²) in [4.78, 5) is 4.45. The Kier molecular flexibility index (Phi) is 3.56. The number of hydrogen-bond acceptors (Lipinski definition) is 5. The second-order valence-corrected chi connectivity index (χ2v) is 4.86. The maximum atomic E-state index is 5.43. The average molecular weight is 224 g/mol. The largest absolute Gasteiger partial charge is 0.339 e. The maximum absolute atomic E-state index is 5.43. The van der Waals surface area contributed by atoms with Crippen molar-refractivity contribution in [1.29, 1.82) is 0 Å². The van der Waals surface area contributed by atoms with E-state index in [1.807, 2.05) is 0 Å². The van der Waals surface area contributed by atoms with Gasteiger partial charge in [0.2, 0.25) is 5.89 Å². The molecule has 0 amide bonds. The molecular formula is C11H20N4O. The molecule has 1 fully saturated rings. The quantitative estimate of drug-likeness (QED) is 0.603. The summed E-state index contributed by atoms with van der Waals surface area (Å²) in [6.45, 7) is 4.15. The van der Waals surface area contributed by atoms with Crippen molar-refractivity contribution in [3.05, 3.63) is 11.7 Å². The summed E-state index contributed by atoms with van der Waals surface area (Å²) in [5.74, 6) is 7.80. The fraction of sp³-hybridized carbons (Fsp3) is 0.818. The molecule has 0 bridgehead atoms. The first kappa shape index (κ1) is 11.5. The molecule has 1 aliphatic carbocycles. The van der Waals surface area contributed by atoms with E-state index < -0.39 is 0 Å². The zero-order chi connectivity index (χ0) is 11.5. The molecular weight excluding hydrogens is 204 g/mol. The Morgan fingerprint density at radius 1 is 1.31 bits per heavy atom. The first-order valence-corrected chi connectivity index (χ1v) is 6.00. The molecule has 90 valence electrons. The summed E-state index contributed by atoms with van der Waals surface area (Å²) in [6, 6.07) is 0.448. The Labute approximate surface area is 95.8 Å². The van der Waals surface area contributed by atoms with Crippen molar-refractivity contribution in [3.8, 4) is 0 Å². The number of rotatable bonds is 3. The van der Waals surface area contributed by atoms with E-state index in [-0.39, 0.29) is 0 Å². The normalized spacial score (nSPS) is 26.2. The van der Waals surface area contributed by atoms with Crippen molar-refractivity contribution in [2.75, 3.05) is 0 Å². The van der Waals surface area contributed by atoms with Gasteiger partial charge in [-0.2, -0.15) is 4.98 Å². The Morgan fingerprint density at radius 2 is 2.00 bits per heavy atom. The highest BCUT2D eigenvalue weighted by atomic mass is 16.5. The first-order chi connectivity index (χ1) is 7.70. The van der Waals surface area contributed by atoms with Crippen molar-refractivity contribution in [1.82, 2.24) is 15.6 Å². The molecule has 5 nitrogen and oxygen atoms in total. The van der Waals surface area contributed by atoms with Gasteiger partial charge in [-0.3, -0.25) is 11.3 Å². The number of hydrogen-bond donors (Lipinski definition) is 2. The minimum atomic E-state index is 0.333. The van der Waals surface area contributed by atoms with E-state index in [0.29, 0.717) is 17.9 Å². The second-order valence-electron chi connectivity index (χ2n) is 4.86.